The van der Waals surface area contributed by atoms with E-state index in [0.29, 0.717) is 29.2 Å². The molecule has 1 aromatic heterocycles. The van der Waals surface area contributed by atoms with Crippen LogP contribution >= 0.6 is 11.6 Å². The molecule has 2 N–H and O–H groups in total. The maximum absolute atomic E-state index is 12.3. The summed E-state index contributed by atoms with van der Waals surface area (Å²) >= 11 is 6.04. The zero-order valence-electron chi connectivity index (χ0n) is 11.2. The number of pyridine rings is 1. The van der Waals surface area contributed by atoms with Gasteiger partial charge in [0.25, 0.3) is 5.91 Å². The molecule has 0 spiro atoms. The van der Waals surface area contributed by atoms with Gasteiger partial charge >= 0.3 is 0 Å². The molecule has 2 rings (SSSR count). The number of carbonyl (C=O) groups is 1. The fourth-order valence-electron chi connectivity index (χ4n) is 1.84. The number of anilines is 1. The van der Waals surface area contributed by atoms with Crippen LogP contribution in [0.25, 0.3) is 0 Å². The fourth-order valence-corrected chi connectivity index (χ4v) is 2.04. The quantitative estimate of drug-likeness (QED) is 0.880. The van der Waals surface area contributed by atoms with Gasteiger partial charge < -0.3 is 10.6 Å². The Balaban J connectivity index is 2.03. The van der Waals surface area contributed by atoms with Gasteiger partial charge in [0.1, 0.15) is 0 Å². The number of amides is 1. The van der Waals surface area contributed by atoms with Crippen LogP contribution in [-0.4, -0.2) is 29.4 Å². The summed E-state index contributed by atoms with van der Waals surface area (Å²) in [6.45, 7) is 0.570. The lowest BCUT2D eigenvalue weighted by molar-refractivity contribution is 0.0796. The van der Waals surface area contributed by atoms with Crippen molar-refractivity contribution >= 4 is 23.2 Å². The maximum Gasteiger partial charge on any atom is 0.255 e. The lowest BCUT2D eigenvalue weighted by Gasteiger charge is -2.18. The molecule has 0 fully saturated rings. The Morgan fingerprint density at radius 1 is 1.35 bits per heavy atom. The van der Waals surface area contributed by atoms with Crippen LogP contribution in [0.3, 0.4) is 0 Å². The molecule has 0 radical (unpaired) electrons. The molecule has 20 heavy (non-hydrogen) atoms. The summed E-state index contributed by atoms with van der Waals surface area (Å²) < 4.78 is 0. The smallest absolute Gasteiger partial charge is 0.255 e. The van der Waals surface area contributed by atoms with Crippen molar-refractivity contribution in [3.05, 3.63) is 58.9 Å². The van der Waals surface area contributed by atoms with Gasteiger partial charge in [0.05, 0.1) is 10.6 Å². The maximum atomic E-state index is 12.3. The minimum Gasteiger partial charge on any atom is -0.399 e. The molecule has 0 unspecified atom stereocenters. The average Bonchev–Trinajstić information content (AvgIpc) is 2.47. The van der Waals surface area contributed by atoms with E-state index in [1.54, 1.807) is 36.3 Å². The number of carbonyl (C=O) groups excluding carboxylic acids is 1. The zero-order valence-corrected chi connectivity index (χ0v) is 12.0. The summed E-state index contributed by atoms with van der Waals surface area (Å²) in [4.78, 5) is 18.2. The van der Waals surface area contributed by atoms with E-state index in [2.05, 4.69) is 4.98 Å². The fraction of sp³-hybridized carbons (Fsp3) is 0.200. The van der Waals surface area contributed by atoms with Crippen molar-refractivity contribution in [1.29, 1.82) is 0 Å². The number of hydrogen-bond acceptors (Lipinski definition) is 3. The zero-order chi connectivity index (χ0) is 14.5. The van der Waals surface area contributed by atoms with E-state index in [9.17, 15) is 4.79 Å². The van der Waals surface area contributed by atoms with Gasteiger partial charge in [-0.05, 0) is 30.3 Å². The molecular weight excluding hydrogens is 274 g/mol. The van der Waals surface area contributed by atoms with Gasteiger partial charge in [-0.15, -0.1) is 0 Å². The van der Waals surface area contributed by atoms with Crippen LogP contribution in [0.1, 0.15) is 16.1 Å². The Bertz CT molecular complexity index is 601. The molecule has 0 atom stereocenters. The summed E-state index contributed by atoms with van der Waals surface area (Å²) in [6.07, 6.45) is 2.44. The third-order valence-corrected chi connectivity index (χ3v) is 3.33. The molecule has 1 aromatic carbocycles. The molecule has 104 valence electrons. The molecular formula is C15H16ClN3O. The lowest BCUT2D eigenvalue weighted by atomic mass is 10.1. The first-order valence-electron chi connectivity index (χ1n) is 6.28. The van der Waals surface area contributed by atoms with Crippen LogP contribution in [0.15, 0.2) is 42.6 Å². The first kappa shape index (κ1) is 14.3. The molecule has 0 aliphatic heterocycles. The van der Waals surface area contributed by atoms with Crippen LogP contribution < -0.4 is 5.73 Å². The highest BCUT2D eigenvalue weighted by Crippen LogP contribution is 2.20. The largest absolute Gasteiger partial charge is 0.399 e. The molecule has 4 nitrogen and oxygen atoms in total. The standard InChI is InChI=1S/C15H16ClN3O/c1-19(9-7-12-4-2-3-8-18-12)15(20)13-10-11(17)5-6-14(13)16/h2-6,8,10H,7,9,17H2,1H3. The molecule has 0 saturated carbocycles. The minimum absolute atomic E-state index is 0.141. The molecule has 1 heterocycles. The van der Waals surface area contributed by atoms with Gasteiger partial charge in [0.15, 0.2) is 0 Å². The second-order valence-electron chi connectivity index (χ2n) is 4.54. The van der Waals surface area contributed by atoms with Crippen LogP contribution in [-0.2, 0) is 6.42 Å². The summed E-state index contributed by atoms with van der Waals surface area (Å²) in [7, 11) is 1.74. The van der Waals surface area contributed by atoms with Crippen molar-refractivity contribution in [1.82, 2.24) is 9.88 Å². The number of nitrogens with zero attached hydrogens (tertiary/aromatic N) is 2. The monoisotopic (exact) mass is 289 g/mol. The number of aromatic nitrogens is 1. The molecule has 0 bridgehead atoms. The summed E-state index contributed by atoms with van der Waals surface area (Å²) in [5.41, 5.74) is 7.59. The van der Waals surface area contributed by atoms with Crippen molar-refractivity contribution in [2.75, 3.05) is 19.3 Å². The summed E-state index contributed by atoms with van der Waals surface area (Å²) in [5.74, 6) is -0.141. The van der Waals surface area contributed by atoms with Gasteiger partial charge in [-0.25, -0.2) is 0 Å². The highest BCUT2D eigenvalue weighted by atomic mass is 35.5. The predicted octanol–water partition coefficient (Wildman–Crippen LogP) is 2.63. The van der Waals surface area contributed by atoms with E-state index in [-0.39, 0.29) is 5.91 Å². The number of likely N-dealkylation sites (N-methyl/N-ethyl adjacent to an activating group) is 1. The Labute approximate surface area is 123 Å². The number of rotatable bonds is 4. The number of nitrogens with two attached hydrogens (primary N) is 1. The van der Waals surface area contributed by atoms with E-state index in [0.717, 1.165) is 5.69 Å². The number of hydrogen-bond donors (Lipinski definition) is 1. The van der Waals surface area contributed by atoms with Gasteiger partial charge in [0.2, 0.25) is 0 Å². The van der Waals surface area contributed by atoms with Gasteiger partial charge in [-0.2, -0.15) is 0 Å². The summed E-state index contributed by atoms with van der Waals surface area (Å²) in [5, 5.41) is 0.411. The van der Waals surface area contributed by atoms with Crippen LogP contribution in [0.4, 0.5) is 5.69 Å². The highest BCUT2D eigenvalue weighted by Gasteiger charge is 2.15. The van der Waals surface area contributed by atoms with E-state index in [4.69, 9.17) is 17.3 Å². The van der Waals surface area contributed by atoms with Crippen LogP contribution in [0, 0.1) is 0 Å². The molecule has 0 aliphatic rings. The lowest BCUT2D eigenvalue weighted by Crippen LogP contribution is -2.29. The average molecular weight is 290 g/mol. The van der Waals surface area contributed by atoms with Crippen molar-refractivity contribution < 1.29 is 4.79 Å². The molecule has 0 aliphatic carbocycles. The molecule has 2 aromatic rings. The van der Waals surface area contributed by atoms with Crippen molar-refractivity contribution in [3.8, 4) is 0 Å². The third-order valence-electron chi connectivity index (χ3n) is 3.00. The van der Waals surface area contributed by atoms with Crippen LogP contribution in [0.5, 0.6) is 0 Å². The predicted molar refractivity (Wildman–Crippen MR) is 80.8 cm³/mol. The van der Waals surface area contributed by atoms with E-state index in [1.165, 1.54) is 0 Å². The Morgan fingerprint density at radius 2 is 2.15 bits per heavy atom. The number of benzene rings is 1. The topological polar surface area (TPSA) is 59.2 Å². The number of halogens is 1. The molecule has 5 heteroatoms. The van der Waals surface area contributed by atoms with Crippen molar-refractivity contribution in [2.45, 2.75) is 6.42 Å². The second kappa shape index (κ2) is 6.39. The SMILES string of the molecule is CN(CCc1ccccn1)C(=O)c1cc(N)ccc1Cl. The van der Waals surface area contributed by atoms with Crippen LogP contribution in [0.2, 0.25) is 5.02 Å². The Kier molecular flexibility index (Phi) is 4.58. The van der Waals surface area contributed by atoms with E-state index in [1.807, 2.05) is 18.2 Å². The highest BCUT2D eigenvalue weighted by molar-refractivity contribution is 6.33. The van der Waals surface area contributed by atoms with Gasteiger partial charge in [-0.3, -0.25) is 9.78 Å². The van der Waals surface area contributed by atoms with E-state index < -0.39 is 0 Å². The normalized spacial score (nSPS) is 10.3. The van der Waals surface area contributed by atoms with Crippen molar-refractivity contribution in [3.63, 3.8) is 0 Å². The molecule has 1 amide bonds. The third kappa shape index (κ3) is 3.48. The van der Waals surface area contributed by atoms with Crippen molar-refractivity contribution in [2.24, 2.45) is 0 Å². The van der Waals surface area contributed by atoms with Gasteiger partial charge in [-0.1, -0.05) is 17.7 Å². The van der Waals surface area contributed by atoms with Gasteiger partial charge in [0, 0.05) is 37.6 Å². The Morgan fingerprint density at radius 3 is 2.85 bits per heavy atom. The molecule has 0 saturated heterocycles. The van der Waals surface area contributed by atoms with E-state index >= 15 is 0 Å². The minimum atomic E-state index is -0.141. The summed E-state index contributed by atoms with van der Waals surface area (Å²) in [6, 6.07) is 10.6. The first-order chi connectivity index (χ1) is 9.58. The Hall–Kier alpha value is -2.07. The number of nitrogen functional groups attached to an aromatic ring is 1. The second-order valence-corrected chi connectivity index (χ2v) is 4.94. The first-order valence-corrected chi connectivity index (χ1v) is 6.66.